The fourth-order valence-electron chi connectivity index (χ4n) is 10.8. The lowest BCUT2D eigenvalue weighted by atomic mass is 9.83. The third-order valence-corrected chi connectivity index (χ3v) is 18.1. The van der Waals surface area contributed by atoms with Crippen LogP contribution in [0.25, 0.3) is 11.1 Å². The van der Waals surface area contributed by atoms with Crippen molar-refractivity contribution in [1.29, 1.82) is 0 Å². The number of aliphatic hydroxyl groups excluding tert-OH is 2. The van der Waals surface area contributed by atoms with E-state index in [1.54, 1.807) is 55.5 Å². The summed E-state index contributed by atoms with van der Waals surface area (Å²) in [6.45, 7) is 15.2. The number of ketones is 4. The molecule has 2 aliphatic rings. The number of hydrogen-bond donors (Lipinski definition) is 10. The molecular weight excluding hydrogens is 1140 g/mol. The van der Waals surface area contributed by atoms with Crippen LogP contribution in [0.3, 0.4) is 0 Å². The van der Waals surface area contributed by atoms with Gasteiger partial charge in [-0.1, -0.05) is 143 Å². The molecule has 89 heavy (non-hydrogen) atoms. The number of rotatable bonds is 34. The fourth-order valence-corrected chi connectivity index (χ4v) is 10.8. The maximum atomic E-state index is 14.5. The lowest BCUT2D eigenvalue weighted by Crippen LogP contribution is -2.56. The Morgan fingerprint density at radius 2 is 1.20 bits per heavy atom. The van der Waals surface area contributed by atoms with E-state index >= 15 is 0 Å². The molecule has 492 valence electrons. The zero-order valence-electron chi connectivity index (χ0n) is 53.7. The van der Waals surface area contributed by atoms with Gasteiger partial charge in [-0.15, -0.1) is 0 Å². The number of ether oxygens (including phenoxy) is 1. The van der Waals surface area contributed by atoms with Crippen LogP contribution in [0.4, 0.5) is 0 Å². The molecule has 4 rings (SSSR count). The summed E-state index contributed by atoms with van der Waals surface area (Å²) in [5, 5.41) is 40.5. The molecule has 2 fully saturated rings. The van der Waals surface area contributed by atoms with E-state index in [9.17, 15) is 67.7 Å². The minimum absolute atomic E-state index is 0.299. The number of aliphatic hydroxyl groups is 2. The second kappa shape index (κ2) is 35.2. The number of carbonyl (C=O) groups is 12. The third kappa shape index (κ3) is 21.2. The molecule has 23 heteroatoms. The van der Waals surface area contributed by atoms with Crippen LogP contribution < -0.4 is 43.0 Å². The molecule has 0 aromatic heterocycles. The highest BCUT2D eigenvalue weighted by Gasteiger charge is 2.53. The maximum absolute atomic E-state index is 14.5. The molecule has 1 saturated heterocycles. The predicted octanol–water partition coefficient (Wildman–Crippen LogP) is 3.26. The molecule has 0 unspecified atom stereocenters. The van der Waals surface area contributed by atoms with Crippen molar-refractivity contribution >= 4 is 70.5 Å². The van der Waals surface area contributed by atoms with E-state index in [1.165, 1.54) is 13.8 Å². The first-order valence-corrected chi connectivity index (χ1v) is 31.6. The molecule has 1 aliphatic heterocycles. The summed E-state index contributed by atoms with van der Waals surface area (Å²) in [6, 6.07) is 10.4. The first-order chi connectivity index (χ1) is 42.1. The zero-order valence-corrected chi connectivity index (χ0v) is 53.7. The minimum Gasteiger partial charge on any atom is -0.458 e. The topological polar surface area (TPSA) is 365 Å². The Labute approximate surface area is 523 Å². The third-order valence-electron chi connectivity index (χ3n) is 18.1. The number of Topliss-reactive ketones (excluding diaryl/α,β-unsaturated/α-hetero) is 4. The Kier molecular flexibility index (Phi) is 29.4. The van der Waals surface area contributed by atoms with E-state index in [0.717, 1.165) is 16.7 Å². The summed E-state index contributed by atoms with van der Waals surface area (Å²) >= 11 is 0. The number of nitrogens with two attached hydrogens (primary N) is 1. The molecule has 0 bridgehead atoms. The van der Waals surface area contributed by atoms with Crippen LogP contribution in [0.2, 0.25) is 0 Å². The molecule has 23 nitrogen and oxygen atoms in total. The van der Waals surface area contributed by atoms with Crippen molar-refractivity contribution in [2.75, 3.05) is 20.3 Å². The van der Waals surface area contributed by atoms with Crippen molar-refractivity contribution in [2.24, 2.45) is 53.1 Å². The molecule has 2 aromatic carbocycles. The standard InChI is InChI=1S/C66H98N8O15/c1-12-36(5)47(33-50(77)48(25-26-54(67)81)69-60(83)45(34-75)31-53(80)56(38(7)14-3)71-63(86)49(68-11)30-42-21-23-44(24-22-42)43-19-17-16-18-20-43)62(85)70-55(37(6)13-2)52(79)32-46(35-76)61(84)72-58-41(10)89-64(87)57(39(8)15-4)73-65(88)66(27-28-66)74-59(82)40(9)29-51(58)78/h16-24,36-41,45-49,55-58,68,75-76H,12-15,25-35H2,1-11H3,(H2,67,81)(H,69,83)(H,70,85)(H,71,86)(H,72,84)(H,73,88)(H,74,82)/t36-,37-,38-,39-,40+,41-,45-,46-,47+,48+,49+,55-,56-,57-,58+/m0/s1. The van der Waals surface area contributed by atoms with Gasteiger partial charge in [0.1, 0.15) is 23.7 Å². The van der Waals surface area contributed by atoms with Crippen molar-refractivity contribution in [2.45, 2.75) is 201 Å². The van der Waals surface area contributed by atoms with E-state index < -0.39 is 205 Å². The number of amides is 7. The van der Waals surface area contributed by atoms with E-state index in [4.69, 9.17) is 10.5 Å². The van der Waals surface area contributed by atoms with Gasteiger partial charge in [0.15, 0.2) is 23.1 Å². The van der Waals surface area contributed by atoms with Crippen molar-refractivity contribution in [1.82, 2.24) is 37.2 Å². The van der Waals surface area contributed by atoms with Gasteiger partial charge < -0.3 is 57.9 Å². The highest BCUT2D eigenvalue weighted by atomic mass is 16.5. The van der Waals surface area contributed by atoms with Crippen molar-refractivity contribution in [3.63, 3.8) is 0 Å². The van der Waals surface area contributed by atoms with E-state index in [1.807, 2.05) is 61.5 Å². The number of cyclic esters (lactones) is 1. The fraction of sp³-hybridized carbons (Fsp3) is 0.636. The average Bonchev–Trinajstić information content (AvgIpc) is 1.71. The number of carbonyl (C=O) groups excluding carboxylic acids is 12. The predicted molar refractivity (Wildman–Crippen MR) is 332 cm³/mol. The van der Waals surface area contributed by atoms with Crippen molar-refractivity contribution in [3.8, 4) is 11.1 Å². The second-order valence-corrected chi connectivity index (χ2v) is 24.8. The SMILES string of the molecule is CC[C@H](C)[C@H](NC(=O)[C@@H](Cc1ccc(-c2ccccc2)cc1)NC)C(=O)C[C@@H](CO)C(=O)N[C@H](CCC(N)=O)C(=O)C[C@@H](C(=O)N[C@H](C(=O)C[C@@H](CO)C(=O)N[C@H]1C(=O)C[C@@H](C)C(=O)NC2(CC2)C(=O)N[C@@H]([C@@H](C)CC)C(=O)O[C@H]1C)[C@@H](C)CC)[C@@H](C)CC. The first kappa shape index (κ1) is 74.2. The molecular formula is C66H98N8O15. The Bertz CT molecular complexity index is 2790. The normalized spacial score (nSPS) is 21.4. The number of primary amides is 1. The van der Waals surface area contributed by atoms with E-state index in [0.29, 0.717) is 44.9 Å². The van der Waals surface area contributed by atoms with E-state index in [-0.39, 0.29) is 12.8 Å². The van der Waals surface area contributed by atoms with Gasteiger partial charge in [0.2, 0.25) is 41.4 Å². The Balaban J connectivity index is 1.49. The quantitative estimate of drug-likeness (QED) is 0.0450. The molecule has 1 spiro atoms. The Morgan fingerprint density at radius 3 is 1.71 bits per heavy atom. The van der Waals surface area contributed by atoms with Crippen LogP contribution in [0, 0.1) is 47.3 Å². The van der Waals surface area contributed by atoms with Gasteiger partial charge in [-0.25, -0.2) is 4.79 Å². The summed E-state index contributed by atoms with van der Waals surface area (Å²) in [7, 11) is 1.63. The molecule has 1 saturated carbocycles. The summed E-state index contributed by atoms with van der Waals surface area (Å²) < 4.78 is 5.76. The number of nitrogens with one attached hydrogen (secondary N) is 7. The first-order valence-electron chi connectivity index (χ1n) is 31.6. The lowest BCUT2D eigenvalue weighted by Gasteiger charge is -2.30. The molecule has 7 amide bonds. The monoisotopic (exact) mass is 1240 g/mol. The molecule has 2 aromatic rings. The van der Waals surface area contributed by atoms with Crippen LogP contribution >= 0.6 is 0 Å². The van der Waals surface area contributed by atoms with Crippen molar-refractivity contribution < 1.29 is 72.5 Å². The van der Waals surface area contributed by atoms with Crippen LogP contribution in [0.1, 0.15) is 152 Å². The van der Waals surface area contributed by atoms with Gasteiger partial charge in [-0.2, -0.15) is 0 Å². The Morgan fingerprint density at radius 1 is 0.663 bits per heavy atom. The minimum atomic E-state index is -1.57. The van der Waals surface area contributed by atoms with Gasteiger partial charge in [-0.05, 0) is 80.0 Å². The molecule has 15 atom stereocenters. The number of esters is 1. The summed E-state index contributed by atoms with van der Waals surface area (Å²) in [6.07, 6.45) is -1.60. The van der Waals surface area contributed by atoms with Gasteiger partial charge >= 0.3 is 5.97 Å². The Hall–Kier alpha value is -7.24. The molecule has 0 radical (unpaired) electrons. The van der Waals surface area contributed by atoms with Gasteiger partial charge in [0.05, 0.1) is 49.2 Å². The van der Waals surface area contributed by atoms with Gasteiger partial charge in [0.25, 0.3) is 0 Å². The highest BCUT2D eigenvalue weighted by molar-refractivity contribution is 6.00. The maximum Gasteiger partial charge on any atom is 0.329 e. The molecule has 1 aliphatic carbocycles. The smallest absolute Gasteiger partial charge is 0.329 e. The number of benzene rings is 2. The van der Waals surface area contributed by atoms with Crippen LogP contribution in [-0.4, -0.2) is 149 Å². The molecule has 1 heterocycles. The highest BCUT2D eigenvalue weighted by Crippen LogP contribution is 2.37. The summed E-state index contributed by atoms with van der Waals surface area (Å²) in [5.74, 6) is -15.4. The van der Waals surface area contributed by atoms with Gasteiger partial charge in [0, 0.05) is 43.9 Å². The van der Waals surface area contributed by atoms with Crippen LogP contribution in [0.15, 0.2) is 54.6 Å². The summed E-state index contributed by atoms with van der Waals surface area (Å²) in [5.41, 5.74) is 7.17. The van der Waals surface area contributed by atoms with Crippen LogP contribution in [0.5, 0.6) is 0 Å². The van der Waals surface area contributed by atoms with E-state index in [2.05, 4.69) is 37.2 Å². The number of hydrogen-bond acceptors (Lipinski definition) is 16. The largest absolute Gasteiger partial charge is 0.458 e. The molecule has 11 N–H and O–H groups in total. The lowest BCUT2D eigenvalue weighted by molar-refractivity contribution is -0.157. The average molecular weight is 1240 g/mol. The van der Waals surface area contributed by atoms with Crippen molar-refractivity contribution in [3.05, 3.63) is 60.2 Å². The zero-order chi connectivity index (χ0) is 66.4. The second-order valence-electron chi connectivity index (χ2n) is 24.8. The summed E-state index contributed by atoms with van der Waals surface area (Å²) in [4.78, 5) is 166. The van der Waals surface area contributed by atoms with Gasteiger partial charge in [-0.3, -0.25) is 52.7 Å². The number of likely N-dealkylation sites (N-methyl/N-ethyl adjacent to an activating group) is 1. The van der Waals surface area contributed by atoms with Crippen LogP contribution in [-0.2, 0) is 68.7 Å².